The largest absolute Gasteiger partial charge is 0.448 e. The summed E-state index contributed by atoms with van der Waals surface area (Å²) in [5, 5.41) is 16.8. The molecule has 8 heteroatoms. The van der Waals surface area contributed by atoms with Crippen LogP contribution < -0.4 is 20.1 Å². The molecule has 0 saturated heterocycles. The van der Waals surface area contributed by atoms with Gasteiger partial charge in [0.2, 0.25) is 5.91 Å². The third kappa shape index (κ3) is 3.96. The molecule has 1 heterocycles. The Balaban J connectivity index is 1.42. The number of carbonyl (C=O) groups excluding carboxylic acids is 1. The van der Waals surface area contributed by atoms with Gasteiger partial charge in [-0.2, -0.15) is 0 Å². The minimum absolute atomic E-state index is 0.145. The van der Waals surface area contributed by atoms with Crippen molar-refractivity contribution in [3.8, 4) is 11.5 Å². The molecular weight excluding hydrogens is 374 g/mol. The topological polar surface area (TPSA) is 103 Å². The number of fused-ring (bicyclic) bond motifs is 1. The summed E-state index contributed by atoms with van der Waals surface area (Å²) in [6, 6.07) is 10.9. The predicted molar refractivity (Wildman–Crippen MR) is 108 cm³/mol. The minimum Gasteiger partial charge on any atom is -0.448 e. The molecule has 29 heavy (non-hydrogen) atoms. The fourth-order valence-corrected chi connectivity index (χ4v) is 3.77. The van der Waals surface area contributed by atoms with Crippen LogP contribution in [0.3, 0.4) is 0 Å². The lowest BCUT2D eigenvalue weighted by molar-refractivity contribution is -0.383. The van der Waals surface area contributed by atoms with Crippen molar-refractivity contribution >= 4 is 23.0 Å². The van der Waals surface area contributed by atoms with Gasteiger partial charge in [0, 0.05) is 30.7 Å². The van der Waals surface area contributed by atoms with E-state index in [1.807, 2.05) is 18.2 Å². The van der Waals surface area contributed by atoms with Gasteiger partial charge in [0.15, 0.2) is 11.5 Å². The molecule has 2 aliphatic rings. The summed E-state index contributed by atoms with van der Waals surface area (Å²) < 4.78 is 12.2. The van der Waals surface area contributed by atoms with Crippen molar-refractivity contribution in [1.29, 1.82) is 0 Å². The highest BCUT2D eigenvalue weighted by atomic mass is 16.7. The SMILES string of the molecule is CC(Nc1ccc2c(c1)OC1(CCCCC1)O2)C(=O)Nc1ccccc1[N+](=O)[O-]. The average Bonchev–Trinajstić information content (AvgIpc) is 3.05. The van der Waals surface area contributed by atoms with E-state index in [4.69, 9.17) is 9.47 Å². The summed E-state index contributed by atoms with van der Waals surface area (Å²) in [4.78, 5) is 23.1. The number of benzene rings is 2. The maximum absolute atomic E-state index is 12.5. The molecule has 1 saturated carbocycles. The molecule has 1 atom stereocenters. The normalized spacial score (nSPS) is 17.6. The Bertz CT molecular complexity index is 940. The molecule has 0 aromatic heterocycles. The van der Waals surface area contributed by atoms with Gasteiger partial charge < -0.3 is 20.1 Å². The van der Waals surface area contributed by atoms with Crippen molar-refractivity contribution in [3.05, 3.63) is 52.6 Å². The molecule has 1 fully saturated rings. The van der Waals surface area contributed by atoms with Crippen LogP contribution in [-0.2, 0) is 4.79 Å². The molecule has 2 N–H and O–H groups in total. The minimum atomic E-state index is -0.612. The quantitative estimate of drug-likeness (QED) is 0.570. The zero-order valence-electron chi connectivity index (χ0n) is 16.1. The van der Waals surface area contributed by atoms with Crippen LogP contribution in [0.25, 0.3) is 0 Å². The Hall–Kier alpha value is -3.29. The number of carbonyl (C=O) groups is 1. The van der Waals surface area contributed by atoms with Gasteiger partial charge in [-0.3, -0.25) is 14.9 Å². The lowest BCUT2D eigenvalue weighted by Crippen LogP contribution is -2.40. The first-order valence-electron chi connectivity index (χ1n) is 9.79. The third-order valence-corrected chi connectivity index (χ3v) is 5.29. The van der Waals surface area contributed by atoms with E-state index in [1.54, 1.807) is 19.1 Å². The number of ether oxygens (including phenoxy) is 2. The second-order valence-electron chi connectivity index (χ2n) is 7.47. The maximum Gasteiger partial charge on any atom is 0.292 e. The van der Waals surface area contributed by atoms with Crippen LogP contribution in [0.15, 0.2) is 42.5 Å². The van der Waals surface area contributed by atoms with Crippen LogP contribution in [0.4, 0.5) is 17.1 Å². The summed E-state index contributed by atoms with van der Waals surface area (Å²) in [6.45, 7) is 1.69. The summed E-state index contributed by atoms with van der Waals surface area (Å²) >= 11 is 0. The van der Waals surface area contributed by atoms with Crippen molar-refractivity contribution in [1.82, 2.24) is 0 Å². The fourth-order valence-electron chi connectivity index (χ4n) is 3.77. The standard InChI is InChI=1S/C21H23N3O5/c1-14(20(25)23-16-7-3-4-8-17(16)24(26)27)22-15-9-10-18-19(13-15)29-21(28-18)11-5-2-6-12-21/h3-4,7-10,13-14,22H,2,5-6,11-12H2,1H3,(H,23,25). The molecule has 4 rings (SSSR count). The molecule has 1 spiro atoms. The highest BCUT2D eigenvalue weighted by Crippen LogP contribution is 2.46. The number of para-hydroxylation sites is 2. The van der Waals surface area contributed by atoms with Crippen molar-refractivity contribution in [2.24, 2.45) is 0 Å². The van der Waals surface area contributed by atoms with Crippen LogP contribution in [-0.4, -0.2) is 22.7 Å². The van der Waals surface area contributed by atoms with Crippen LogP contribution in [0.1, 0.15) is 39.0 Å². The Morgan fingerprint density at radius 2 is 1.83 bits per heavy atom. The zero-order chi connectivity index (χ0) is 20.4. The van der Waals surface area contributed by atoms with Crippen molar-refractivity contribution in [2.75, 3.05) is 10.6 Å². The highest BCUT2D eigenvalue weighted by molar-refractivity contribution is 5.98. The van der Waals surface area contributed by atoms with E-state index in [2.05, 4.69) is 10.6 Å². The summed E-state index contributed by atoms with van der Waals surface area (Å²) in [5.74, 6) is 0.465. The van der Waals surface area contributed by atoms with E-state index in [0.29, 0.717) is 11.4 Å². The first-order chi connectivity index (χ1) is 14.0. The van der Waals surface area contributed by atoms with Gasteiger partial charge in [0.25, 0.3) is 11.5 Å². The number of anilines is 2. The van der Waals surface area contributed by atoms with Gasteiger partial charge in [0.05, 0.1) is 4.92 Å². The maximum atomic E-state index is 12.5. The average molecular weight is 397 g/mol. The molecule has 2 aromatic rings. The molecule has 0 radical (unpaired) electrons. The van der Waals surface area contributed by atoms with Gasteiger partial charge in [0.1, 0.15) is 11.7 Å². The lowest BCUT2D eigenvalue weighted by Gasteiger charge is -2.31. The van der Waals surface area contributed by atoms with Gasteiger partial charge in [-0.05, 0) is 38.0 Å². The monoisotopic (exact) mass is 397 g/mol. The number of hydrogen-bond acceptors (Lipinski definition) is 6. The van der Waals surface area contributed by atoms with E-state index in [-0.39, 0.29) is 17.3 Å². The van der Waals surface area contributed by atoms with E-state index in [9.17, 15) is 14.9 Å². The van der Waals surface area contributed by atoms with Crippen LogP contribution >= 0.6 is 0 Å². The van der Waals surface area contributed by atoms with Gasteiger partial charge in [-0.15, -0.1) is 0 Å². The van der Waals surface area contributed by atoms with Crippen molar-refractivity contribution in [3.63, 3.8) is 0 Å². The van der Waals surface area contributed by atoms with E-state index < -0.39 is 16.8 Å². The Morgan fingerprint density at radius 1 is 1.10 bits per heavy atom. The van der Waals surface area contributed by atoms with Crippen LogP contribution in [0.5, 0.6) is 11.5 Å². The Kier molecular flexibility index (Phi) is 5.00. The molecular formula is C21H23N3O5. The van der Waals surface area contributed by atoms with Gasteiger partial charge in [-0.25, -0.2) is 0 Å². The lowest BCUT2D eigenvalue weighted by atomic mass is 9.94. The summed E-state index contributed by atoms with van der Waals surface area (Å²) in [5.41, 5.74) is 0.736. The number of nitrogens with zero attached hydrogens (tertiary/aromatic N) is 1. The van der Waals surface area contributed by atoms with E-state index >= 15 is 0 Å². The van der Waals surface area contributed by atoms with Crippen LogP contribution in [0.2, 0.25) is 0 Å². The van der Waals surface area contributed by atoms with E-state index in [0.717, 1.165) is 31.4 Å². The number of nitro benzene ring substituents is 1. The second-order valence-corrected chi connectivity index (χ2v) is 7.47. The number of rotatable bonds is 5. The molecule has 1 unspecified atom stereocenters. The Morgan fingerprint density at radius 3 is 2.59 bits per heavy atom. The third-order valence-electron chi connectivity index (χ3n) is 5.29. The van der Waals surface area contributed by atoms with Gasteiger partial charge >= 0.3 is 0 Å². The smallest absolute Gasteiger partial charge is 0.292 e. The zero-order valence-corrected chi connectivity index (χ0v) is 16.1. The van der Waals surface area contributed by atoms with E-state index in [1.165, 1.54) is 18.6 Å². The van der Waals surface area contributed by atoms with Crippen molar-refractivity contribution < 1.29 is 19.2 Å². The fraction of sp³-hybridized carbons (Fsp3) is 0.381. The highest BCUT2D eigenvalue weighted by Gasteiger charge is 2.42. The number of nitrogens with one attached hydrogen (secondary N) is 2. The van der Waals surface area contributed by atoms with Crippen molar-refractivity contribution in [2.45, 2.75) is 50.9 Å². The predicted octanol–water partition coefficient (Wildman–Crippen LogP) is 4.47. The molecule has 1 amide bonds. The molecule has 1 aliphatic heterocycles. The number of nitro groups is 1. The first-order valence-corrected chi connectivity index (χ1v) is 9.79. The van der Waals surface area contributed by atoms with Gasteiger partial charge in [-0.1, -0.05) is 18.6 Å². The number of amides is 1. The molecule has 152 valence electrons. The molecule has 8 nitrogen and oxygen atoms in total. The molecule has 1 aliphatic carbocycles. The number of hydrogen-bond donors (Lipinski definition) is 2. The second kappa shape index (κ2) is 7.62. The van der Waals surface area contributed by atoms with Crippen LogP contribution in [0, 0.1) is 10.1 Å². The molecule has 2 aromatic carbocycles. The first kappa shape index (κ1) is 19.0. The summed E-state index contributed by atoms with van der Waals surface area (Å²) in [6.07, 6.45) is 5.12. The Labute approximate surface area is 168 Å². The molecule has 0 bridgehead atoms. The summed E-state index contributed by atoms with van der Waals surface area (Å²) in [7, 11) is 0.